The van der Waals surface area contributed by atoms with Crippen LogP contribution in [0.4, 0.5) is 10.1 Å². The monoisotopic (exact) mass is 545 g/mol. The van der Waals surface area contributed by atoms with Gasteiger partial charge in [0.05, 0.1) is 11.9 Å². The first kappa shape index (κ1) is 28.9. The summed E-state index contributed by atoms with van der Waals surface area (Å²) in [6.45, 7) is 3.32. The van der Waals surface area contributed by atoms with Crippen LogP contribution >= 0.6 is 23.2 Å². The van der Waals surface area contributed by atoms with Crippen LogP contribution in [0.5, 0.6) is 0 Å². The Morgan fingerprint density at radius 3 is 2.23 bits per heavy atom. The Morgan fingerprint density at radius 1 is 1.06 bits per heavy atom. The molecule has 0 saturated carbocycles. The summed E-state index contributed by atoms with van der Waals surface area (Å²) >= 11 is 12.6. The predicted molar refractivity (Wildman–Crippen MR) is 138 cm³/mol. The molecule has 2 aromatic carbocycles. The van der Waals surface area contributed by atoms with Crippen LogP contribution in [0.15, 0.2) is 42.5 Å². The molecule has 2 amide bonds. The number of carbonyl (C=O) groups is 2. The van der Waals surface area contributed by atoms with Gasteiger partial charge in [-0.3, -0.25) is 13.9 Å². The van der Waals surface area contributed by atoms with Gasteiger partial charge in [0.1, 0.15) is 18.4 Å². The number of benzene rings is 2. The number of hydrogen-bond donors (Lipinski definition) is 1. The zero-order valence-electron chi connectivity index (χ0n) is 19.9. The Labute approximate surface area is 216 Å². The average molecular weight is 546 g/mol. The van der Waals surface area contributed by atoms with E-state index in [4.69, 9.17) is 23.2 Å². The van der Waals surface area contributed by atoms with Crippen molar-refractivity contribution in [2.45, 2.75) is 45.7 Å². The standard InChI is InChI=1S/C24H30Cl2FN3O4S/c1-4-6-14-28-24(32)21(5-2)29(15-17-18(25)10-9-11-19(17)26)23(31)16-30(35(3,33)34)22-13-8-7-12-20(22)27/h7-13,21H,4-6,14-16H2,1-3H3,(H,28,32). The maximum absolute atomic E-state index is 14.5. The van der Waals surface area contributed by atoms with Crippen molar-refractivity contribution < 1.29 is 22.4 Å². The van der Waals surface area contributed by atoms with E-state index in [2.05, 4.69) is 5.32 Å². The summed E-state index contributed by atoms with van der Waals surface area (Å²) in [5.41, 5.74) is 0.153. The number of anilines is 1. The Morgan fingerprint density at radius 2 is 1.69 bits per heavy atom. The lowest BCUT2D eigenvalue weighted by atomic mass is 10.1. The Kier molecular flexibility index (Phi) is 10.8. The fourth-order valence-electron chi connectivity index (χ4n) is 3.53. The normalized spacial score (nSPS) is 12.2. The number of sulfonamides is 1. The minimum atomic E-state index is -4.04. The summed E-state index contributed by atoms with van der Waals surface area (Å²) < 4.78 is 40.2. The van der Waals surface area contributed by atoms with Gasteiger partial charge >= 0.3 is 0 Å². The summed E-state index contributed by atoms with van der Waals surface area (Å²) in [5.74, 6) is -1.88. The van der Waals surface area contributed by atoms with Gasteiger partial charge in [-0.2, -0.15) is 0 Å². The molecule has 11 heteroatoms. The lowest BCUT2D eigenvalue weighted by Gasteiger charge is -2.33. The fourth-order valence-corrected chi connectivity index (χ4v) is 4.90. The first-order chi connectivity index (χ1) is 16.5. The van der Waals surface area contributed by atoms with Gasteiger partial charge in [-0.15, -0.1) is 0 Å². The van der Waals surface area contributed by atoms with Crippen molar-refractivity contribution in [1.82, 2.24) is 10.2 Å². The highest BCUT2D eigenvalue weighted by Gasteiger charge is 2.33. The third kappa shape index (κ3) is 7.81. The summed E-state index contributed by atoms with van der Waals surface area (Å²) in [4.78, 5) is 27.8. The summed E-state index contributed by atoms with van der Waals surface area (Å²) in [5, 5.41) is 3.41. The van der Waals surface area contributed by atoms with Crippen molar-refractivity contribution in [2.75, 3.05) is 23.7 Å². The molecule has 1 N–H and O–H groups in total. The minimum absolute atomic E-state index is 0.133. The van der Waals surface area contributed by atoms with Crippen molar-refractivity contribution in [1.29, 1.82) is 0 Å². The molecule has 35 heavy (non-hydrogen) atoms. The minimum Gasteiger partial charge on any atom is -0.354 e. The van der Waals surface area contributed by atoms with Gasteiger partial charge in [0, 0.05) is 28.7 Å². The largest absolute Gasteiger partial charge is 0.354 e. The molecule has 1 unspecified atom stereocenters. The number of unbranched alkanes of at least 4 members (excludes halogenated alkanes) is 1. The molecule has 0 aliphatic carbocycles. The number of para-hydroxylation sites is 1. The Balaban J connectivity index is 2.48. The van der Waals surface area contributed by atoms with Crippen LogP contribution in [0.3, 0.4) is 0 Å². The number of carbonyl (C=O) groups excluding carboxylic acids is 2. The molecule has 0 saturated heterocycles. The molecule has 0 aliphatic rings. The molecule has 7 nitrogen and oxygen atoms in total. The van der Waals surface area contributed by atoms with E-state index >= 15 is 0 Å². The third-order valence-corrected chi connectivity index (χ3v) is 7.24. The number of nitrogens with one attached hydrogen (secondary N) is 1. The Hall–Kier alpha value is -2.36. The molecule has 0 radical (unpaired) electrons. The number of nitrogens with zero attached hydrogens (tertiary/aromatic N) is 2. The fraction of sp³-hybridized carbons (Fsp3) is 0.417. The molecule has 0 bridgehead atoms. The second kappa shape index (κ2) is 13.1. The molecule has 0 aromatic heterocycles. The molecular formula is C24H30Cl2FN3O4S. The van der Waals surface area contributed by atoms with Gasteiger partial charge < -0.3 is 10.2 Å². The van der Waals surface area contributed by atoms with Gasteiger partial charge in [-0.05, 0) is 37.1 Å². The summed E-state index contributed by atoms with van der Waals surface area (Å²) in [7, 11) is -4.04. The molecule has 2 rings (SSSR count). The highest BCUT2D eigenvalue weighted by Crippen LogP contribution is 2.28. The van der Waals surface area contributed by atoms with Gasteiger partial charge in [0.15, 0.2) is 0 Å². The van der Waals surface area contributed by atoms with E-state index in [0.29, 0.717) is 26.5 Å². The van der Waals surface area contributed by atoms with Crippen molar-refractivity contribution in [3.05, 3.63) is 63.9 Å². The Bertz CT molecular complexity index is 1130. The van der Waals surface area contributed by atoms with Crippen LogP contribution in [0.2, 0.25) is 10.0 Å². The van der Waals surface area contributed by atoms with Crippen LogP contribution in [-0.2, 0) is 26.2 Å². The molecule has 0 spiro atoms. The van der Waals surface area contributed by atoms with Crippen molar-refractivity contribution in [3.8, 4) is 0 Å². The lowest BCUT2D eigenvalue weighted by molar-refractivity contribution is -0.140. The number of hydrogen-bond acceptors (Lipinski definition) is 4. The third-order valence-electron chi connectivity index (χ3n) is 5.41. The van der Waals surface area contributed by atoms with Crippen molar-refractivity contribution in [2.24, 2.45) is 0 Å². The van der Waals surface area contributed by atoms with Crippen molar-refractivity contribution >= 4 is 50.7 Å². The average Bonchev–Trinajstić information content (AvgIpc) is 2.79. The highest BCUT2D eigenvalue weighted by molar-refractivity contribution is 7.92. The SMILES string of the molecule is CCCCNC(=O)C(CC)N(Cc1c(Cl)cccc1Cl)C(=O)CN(c1ccccc1F)S(C)(=O)=O. The van der Waals surface area contributed by atoms with E-state index in [1.54, 1.807) is 25.1 Å². The zero-order chi connectivity index (χ0) is 26.2. The molecule has 1 atom stereocenters. The smallest absolute Gasteiger partial charge is 0.244 e. The van der Waals surface area contributed by atoms with Gasteiger partial charge in [-0.25, -0.2) is 12.8 Å². The van der Waals surface area contributed by atoms with Crippen LogP contribution in [-0.4, -0.2) is 50.5 Å². The molecule has 0 aliphatic heterocycles. The number of halogens is 3. The van der Waals surface area contributed by atoms with E-state index in [9.17, 15) is 22.4 Å². The summed E-state index contributed by atoms with van der Waals surface area (Å²) in [6, 6.07) is 9.21. The summed E-state index contributed by atoms with van der Waals surface area (Å²) in [6.07, 6.45) is 2.78. The second-order valence-corrected chi connectivity index (χ2v) is 10.7. The molecule has 192 valence electrons. The zero-order valence-corrected chi connectivity index (χ0v) is 22.3. The van der Waals surface area contributed by atoms with Crippen LogP contribution < -0.4 is 9.62 Å². The topological polar surface area (TPSA) is 86.8 Å². The van der Waals surface area contributed by atoms with E-state index in [1.807, 2.05) is 6.92 Å². The van der Waals surface area contributed by atoms with Crippen LogP contribution in [0.1, 0.15) is 38.7 Å². The number of amides is 2. The molecule has 2 aromatic rings. The van der Waals surface area contributed by atoms with Crippen molar-refractivity contribution in [3.63, 3.8) is 0 Å². The van der Waals surface area contributed by atoms with Gasteiger partial charge in [0.25, 0.3) is 0 Å². The molecule has 0 fully saturated rings. The van der Waals surface area contributed by atoms with E-state index in [0.717, 1.165) is 25.2 Å². The molecular weight excluding hydrogens is 516 g/mol. The van der Waals surface area contributed by atoms with Crippen LogP contribution in [0.25, 0.3) is 0 Å². The maximum Gasteiger partial charge on any atom is 0.244 e. The first-order valence-corrected chi connectivity index (χ1v) is 13.8. The maximum atomic E-state index is 14.5. The number of rotatable bonds is 12. The van der Waals surface area contributed by atoms with E-state index in [-0.39, 0.29) is 24.6 Å². The lowest BCUT2D eigenvalue weighted by Crippen LogP contribution is -2.52. The van der Waals surface area contributed by atoms with Gasteiger partial charge in [0.2, 0.25) is 21.8 Å². The quantitative estimate of drug-likeness (QED) is 0.394. The van der Waals surface area contributed by atoms with E-state index < -0.39 is 34.3 Å². The van der Waals surface area contributed by atoms with Gasteiger partial charge in [-0.1, -0.05) is 61.7 Å². The highest BCUT2D eigenvalue weighted by atomic mass is 35.5. The van der Waals surface area contributed by atoms with Crippen LogP contribution in [0, 0.1) is 5.82 Å². The first-order valence-electron chi connectivity index (χ1n) is 11.2. The van der Waals surface area contributed by atoms with E-state index in [1.165, 1.54) is 23.1 Å². The molecule has 0 heterocycles. The predicted octanol–water partition coefficient (Wildman–Crippen LogP) is 4.62. The second-order valence-electron chi connectivity index (χ2n) is 8.01.